The van der Waals surface area contributed by atoms with Crippen LogP contribution in [0.25, 0.3) is 0 Å². The van der Waals surface area contributed by atoms with Gasteiger partial charge in [0.05, 0.1) is 15.6 Å². The Bertz CT molecular complexity index is 998. The van der Waals surface area contributed by atoms with Crippen molar-refractivity contribution in [2.75, 3.05) is 31.3 Å². The van der Waals surface area contributed by atoms with Gasteiger partial charge in [-0.05, 0) is 18.6 Å². The summed E-state index contributed by atoms with van der Waals surface area (Å²) < 4.78 is 26.8. The fourth-order valence-electron chi connectivity index (χ4n) is 2.56. The molecule has 0 spiro atoms. The summed E-state index contributed by atoms with van der Waals surface area (Å²) in [5.41, 5.74) is 2.59. The summed E-state index contributed by atoms with van der Waals surface area (Å²) >= 11 is 2.42. The van der Waals surface area contributed by atoms with Crippen molar-refractivity contribution >= 4 is 50.6 Å². The largest absolute Gasteiger partial charge is 0.350 e. The Labute approximate surface area is 172 Å². The predicted molar refractivity (Wildman–Crippen MR) is 111 cm³/mol. The Morgan fingerprint density at radius 1 is 1.25 bits per heavy atom. The van der Waals surface area contributed by atoms with E-state index in [0.29, 0.717) is 12.2 Å². The maximum atomic E-state index is 12.4. The van der Waals surface area contributed by atoms with Crippen molar-refractivity contribution in [2.24, 2.45) is 0 Å². The van der Waals surface area contributed by atoms with Crippen LogP contribution in [0.3, 0.4) is 0 Å². The van der Waals surface area contributed by atoms with E-state index in [-0.39, 0.29) is 28.3 Å². The van der Waals surface area contributed by atoms with Crippen LogP contribution in [-0.4, -0.2) is 50.9 Å². The molecule has 0 fully saturated rings. The average molecular weight is 440 g/mol. The maximum Gasteiger partial charge on any atom is 0.252 e. The van der Waals surface area contributed by atoms with Gasteiger partial charge in [0.25, 0.3) is 10.0 Å². The van der Waals surface area contributed by atoms with Gasteiger partial charge in [-0.25, -0.2) is 12.7 Å². The lowest BCUT2D eigenvalue weighted by Gasteiger charge is -2.25. The number of carbonyl (C=O) groups is 2. The number of thiophene rings is 1. The van der Waals surface area contributed by atoms with Gasteiger partial charge in [0, 0.05) is 20.6 Å². The molecule has 2 aromatic rings. The number of aryl methyl sites for hydroxylation is 1. The molecule has 2 heterocycles. The minimum absolute atomic E-state index is 0.142. The van der Waals surface area contributed by atoms with Gasteiger partial charge in [-0.1, -0.05) is 29.8 Å². The van der Waals surface area contributed by atoms with Gasteiger partial charge in [0.1, 0.15) is 10.8 Å². The minimum atomic E-state index is -3.59. The first-order valence-electron chi connectivity index (χ1n) is 8.50. The van der Waals surface area contributed by atoms with E-state index >= 15 is 0 Å². The van der Waals surface area contributed by atoms with Gasteiger partial charge in [-0.3, -0.25) is 9.59 Å². The molecule has 0 saturated carbocycles. The van der Waals surface area contributed by atoms with E-state index in [4.69, 9.17) is 0 Å². The first kappa shape index (κ1) is 20.8. The molecule has 0 unspecified atom stereocenters. The number of amides is 2. The highest BCUT2D eigenvalue weighted by atomic mass is 32.3. The Balaban J connectivity index is 1.74. The van der Waals surface area contributed by atoms with E-state index in [0.717, 1.165) is 31.0 Å². The van der Waals surface area contributed by atoms with Gasteiger partial charge in [-0.15, -0.1) is 23.1 Å². The van der Waals surface area contributed by atoms with E-state index in [1.807, 2.05) is 31.2 Å². The molecule has 1 aliphatic heterocycles. The zero-order valence-corrected chi connectivity index (χ0v) is 18.2. The number of carbonyl (C=O) groups excluding carboxylic acids is 2. The number of anilines is 1. The molecular formula is C18H21N3O4S3. The second kappa shape index (κ2) is 8.24. The van der Waals surface area contributed by atoms with Crippen LogP contribution >= 0.6 is 23.1 Å². The molecule has 0 bridgehead atoms. The molecule has 28 heavy (non-hydrogen) atoms. The Morgan fingerprint density at radius 2 is 1.93 bits per heavy atom. The van der Waals surface area contributed by atoms with Gasteiger partial charge in [-0.2, -0.15) is 0 Å². The third-order valence-corrected chi connectivity index (χ3v) is 8.87. The Hall–Kier alpha value is -1.88. The van der Waals surface area contributed by atoms with E-state index in [9.17, 15) is 18.0 Å². The molecule has 3 rings (SSSR count). The Kier molecular flexibility index (Phi) is 6.13. The van der Waals surface area contributed by atoms with Crippen LogP contribution in [0.2, 0.25) is 0 Å². The molecule has 2 amide bonds. The summed E-state index contributed by atoms with van der Waals surface area (Å²) in [6, 6.07) is 9.29. The van der Waals surface area contributed by atoms with E-state index in [1.165, 1.54) is 36.8 Å². The van der Waals surface area contributed by atoms with Crippen LogP contribution in [0, 0.1) is 6.92 Å². The standard InChI is InChI=1S/C18H21N3O4S3/c1-12-4-6-13(7-5-12)9-19-15(22)10-21-14-8-17(28(24,25)20(2)3)27-18(14)26-11-16(21)23/h4-8H,9-11H2,1-3H3,(H,19,22). The molecule has 0 atom stereocenters. The fraction of sp³-hybridized carbons (Fsp3) is 0.333. The highest BCUT2D eigenvalue weighted by molar-refractivity contribution is 8.02. The lowest BCUT2D eigenvalue weighted by molar-refractivity contribution is -0.123. The lowest BCUT2D eigenvalue weighted by atomic mass is 10.1. The van der Waals surface area contributed by atoms with E-state index < -0.39 is 10.0 Å². The molecule has 0 aliphatic carbocycles. The normalized spacial score (nSPS) is 14.3. The van der Waals surface area contributed by atoms with Crippen molar-refractivity contribution in [2.45, 2.75) is 21.9 Å². The molecule has 0 radical (unpaired) electrons. The molecule has 1 aliphatic rings. The number of rotatable bonds is 6. The minimum Gasteiger partial charge on any atom is -0.350 e. The summed E-state index contributed by atoms with van der Waals surface area (Å²) in [4.78, 5) is 26.1. The van der Waals surface area contributed by atoms with Crippen LogP contribution in [0.15, 0.2) is 38.8 Å². The average Bonchev–Trinajstić information content (AvgIpc) is 3.09. The SMILES string of the molecule is Cc1ccc(CNC(=O)CN2C(=O)CSc3sc(S(=O)(=O)N(C)C)cc32)cc1. The van der Waals surface area contributed by atoms with Crippen LogP contribution < -0.4 is 10.2 Å². The van der Waals surface area contributed by atoms with Crippen LogP contribution in [-0.2, 0) is 26.2 Å². The number of nitrogens with one attached hydrogen (secondary N) is 1. The van der Waals surface area contributed by atoms with E-state index in [1.54, 1.807) is 0 Å². The number of hydrogen-bond donors (Lipinski definition) is 1. The molecule has 150 valence electrons. The first-order chi connectivity index (χ1) is 13.2. The van der Waals surface area contributed by atoms with E-state index in [2.05, 4.69) is 5.32 Å². The molecule has 1 N–H and O–H groups in total. The van der Waals surface area contributed by atoms with Gasteiger partial charge >= 0.3 is 0 Å². The van der Waals surface area contributed by atoms with Crippen LogP contribution in [0.1, 0.15) is 11.1 Å². The van der Waals surface area contributed by atoms with Crippen molar-refractivity contribution in [1.29, 1.82) is 0 Å². The van der Waals surface area contributed by atoms with Gasteiger partial charge < -0.3 is 10.2 Å². The first-order valence-corrected chi connectivity index (χ1v) is 11.7. The van der Waals surface area contributed by atoms with Crippen molar-refractivity contribution in [1.82, 2.24) is 9.62 Å². The molecular weight excluding hydrogens is 418 g/mol. The number of nitrogens with zero attached hydrogens (tertiary/aromatic N) is 2. The molecule has 1 aromatic carbocycles. The number of fused-ring (bicyclic) bond motifs is 1. The van der Waals surface area contributed by atoms with Crippen LogP contribution in [0.4, 0.5) is 5.69 Å². The summed E-state index contributed by atoms with van der Waals surface area (Å²) in [5.74, 6) is -0.329. The highest BCUT2D eigenvalue weighted by Crippen LogP contribution is 2.43. The summed E-state index contributed by atoms with van der Waals surface area (Å²) in [7, 11) is -0.668. The quantitative estimate of drug-likeness (QED) is 0.745. The third kappa shape index (κ3) is 4.40. The monoisotopic (exact) mass is 439 g/mol. The topological polar surface area (TPSA) is 86.8 Å². The number of hydrogen-bond acceptors (Lipinski definition) is 6. The smallest absolute Gasteiger partial charge is 0.252 e. The zero-order valence-electron chi connectivity index (χ0n) is 15.8. The lowest BCUT2D eigenvalue weighted by Crippen LogP contribution is -2.42. The summed E-state index contributed by atoms with van der Waals surface area (Å²) in [6.07, 6.45) is 0. The molecule has 1 aromatic heterocycles. The summed E-state index contributed by atoms with van der Waals surface area (Å²) in [6.45, 7) is 2.22. The zero-order chi connectivity index (χ0) is 20.5. The fourth-order valence-corrected chi connectivity index (χ4v) is 6.49. The second-order valence-electron chi connectivity index (χ2n) is 6.56. The number of benzene rings is 1. The predicted octanol–water partition coefficient (Wildman–Crippen LogP) is 2.06. The summed E-state index contributed by atoms with van der Waals surface area (Å²) in [5, 5.41) is 2.81. The van der Waals surface area contributed by atoms with Gasteiger partial charge in [0.2, 0.25) is 11.8 Å². The molecule has 10 heteroatoms. The van der Waals surface area contributed by atoms with Crippen molar-refractivity contribution in [3.63, 3.8) is 0 Å². The van der Waals surface area contributed by atoms with Crippen LogP contribution in [0.5, 0.6) is 0 Å². The van der Waals surface area contributed by atoms with Crippen molar-refractivity contribution < 1.29 is 18.0 Å². The maximum absolute atomic E-state index is 12.4. The molecule has 0 saturated heterocycles. The third-order valence-electron chi connectivity index (χ3n) is 4.22. The number of sulfonamides is 1. The number of thioether (sulfide) groups is 1. The van der Waals surface area contributed by atoms with Gasteiger partial charge in [0.15, 0.2) is 0 Å². The Morgan fingerprint density at radius 3 is 2.57 bits per heavy atom. The van der Waals surface area contributed by atoms with Crippen molar-refractivity contribution in [3.8, 4) is 0 Å². The highest BCUT2D eigenvalue weighted by Gasteiger charge is 2.32. The molecule has 7 nitrogen and oxygen atoms in total. The van der Waals surface area contributed by atoms with Crippen molar-refractivity contribution in [3.05, 3.63) is 41.5 Å². The second-order valence-corrected chi connectivity index (χ2v) is 11.2.